The lowest BCUT2D eigenvalue weighted by atomic mass is 10.1. The Balaban J connectivity index is 3.30. The van der Waals surface area contributed by atoms with Gasteiger partial charge in [0.1, 0.15) is 0 Å². The van der Waals surface area contributed by atoms with Gasteiger partial charge in [0.15, 0.2) is 17.8 Å². The Labute approximate surface area is 88.0 Å². The summed E-state index contributed by atoms with van der Waals surface area (Å²) >= 11 is 0. The summed E-state index contributed by atoms with van der Waals surface area (Å²) in [6, 6.07) is 5.32. The van der Waals surface area contributed by atoms with E-state index in [0.717, 1.165) is 5.56 Å². The molecule has 0 amide bonds. The molecule has 0 aliphatic heterocycles. The van der Waals surface area contributed by atoms with E-state index in [1.807, 2.05) is 6.07 Å². The van der Waals surface area contributed by atoms with Crippen LogP contribution in [0.1, 0.15) is 15.9 Å². The normalized spacial score (nSPS) is 9.13. The average Bonchev–Trinajstić information content (AvgIpc) is 2.28. The Kier molecular flexibility index (Phi) is 3.69. The first-order valence-corrected chi connectivity index (χ1v) is 4.33. The van der Waals surface area contributed by atoms with Crippen LogP contribution < -0.4 is 9.47 Å². The summed E-state index contributed by atoms with van der Waals surface area (Å²) in [6.07, 6.45) is 0.920. The van der Waals surface area contributed by atoms with Crippen molar-refractivity contribution in [3.05, 3.63) is 23.3 Å². The van der Waals surface area contributed by atoms with Crippen LogP contribution in [0.5, 0.6) is 11.5 Å². The Morgan fingerprint density at radius 2 is 2.13 bits per heavy atom. The van der Waals surface area contributed by atoms with Crippen LogP contribution in [-0.4, -0.2) is 20.5 Å². The van der Waals surface area contributed by atoms with Crippen molar-refractivity contribution in [3.8, 4) is 17.6 Å². The standard InChI is InChI=1S/C11H11NO3/c1-14-10-6-8(3-4-12)5-9(7-13)11(10)15-2/h5-7H,3H2,1-2H3. The minimum absolute atomic E-state index is 0.237. The predicted molar refractivity (Wildman–Crippen MR) is 54.3 cm³/mol. The van der Waals surface area contributed by atoms with Crippen LogP contribution in [0.2, 0.25) is 0 Å². The van der Waals surface area contributed by atoms with Crippen molar-refractivity contribution in [1.82, 2.24) is 0 Å². The molecule has 0 radical (unpaired) electrons. The number of aldehydes is 1. The average molecular weight is 205 g/mol. The maximum atomic E-state index is 10.8. The number of hydrogen-bond donors (Lipinski definition) is 0. The molecule has 0 spiro atoms. The monoisotopic (exact) mass is 205 g/mol. The molecule has 4 nitrogen and oxygen atoms in total. The van der Waals surface area contributed by atoms with Crippen molar-refractivity contribution in [2.45, 2.75) is 6.42 Å². The first kappa shape index (κ1) is 11.1. The van der Waals surface area contributed by atoms with Crippen molar-refractivity contribution >= 4 is 6.29 Å². The zero-order chi connectivity index (χ0) is 11.3. The van der Waals surface area contributed by atoms with Crippen LogP contribution in [-0.2, 0) is 6.42 Å². The Bertz CT molecular complexity index is 407. The predicted octanol–water partition coefficient (Wildman–Crippen LogP) is 1.58. The number of hydrogen-bond acceptors (Lipinski definition) is 4. The fourth-order valence-corrected chi connectivity index (χ4v) is 1.33. The first-order chi connectivity index (χ1) is 7.26. The number of rotatable bonds is 4. The molecular weight excluding hydrogens is 194 g/mol. The number of nitrogens with zero attached hydrogens (tertiary/aromatic N) is 1. The highest BCUT2D eigenvalue weighted by Crippen LogP contribution is 2.31. The minimum Gasteiger partial charge on any atom is -0.493 e. The molecule has 0 heterocycles. The third-order valence-corrected chi connectivity index (χ3v) is 1.98. The van der Waals surface area contributed by atoms with Crippen LogP contribution in [0.3, 0.4) is 0 Å². The third-order valence-electron chi connectivity index (χ3n) is 1.98. The van der Waals surface area contributed by atoms with Crippen LogP contribution in [0.4, 0.5) is 0 Å². The highest BCUT2D eigenvalue weighted by Gasteiger charge is 2.11. The summed E-state index contributed by atoms with van der Waals surface area (Å²) in [6.45, 7) is 0. The molecule has 15 heavy (non-hydrogen) atoms. The molecule has 0 bridgehead atoms. The molecule has 0 atom stereocenters. The molecule has 78 valence electrons. The van der Waals surface area contributed by atoms with Gasteiger partial charge in [-0.1, -0.05) is 0 Å². The topological polar surface area (TPSA) is 59.3 Å². The summed E-state index contributed by atoms with van der Waals surface area (Å²) < 4.78 is 10.1. The van der Waals surface area contributed by atoms with Gasteiger partial charge in [0.05, 0.1) is 32.3 Å². The molecule has 0 N–H and O–H groups in total. The highest BCUT2D eigenvalue weighted by atomic mass is 16.5. The molecule has 0 aliphatic carbocycles. The van der Waals surface area contributed by atoms with Gasteiger partial charge < -0.3 is 9.47 Å². The maximum Gasteiger partial charge on any atom is 0.171 e. The lowest BCUT2D eigenvalue weighted by molar-refractivity contribution is 0.112. The van der Waals surface area contributed by atoms with E-state index in [1.165, 1.54) is 14.2 Å². The molecule has 0 saturated carbocycles. The van der Waals surface area contributed by atoms with Crippen molar-refractivity contribution in [2.75, 3.05) is 14.2 Å². The molecular formula is C11H11NO3. The van der Waals surface area contributed by atoms with Crippen molar-refractivity contribution < 1.29 is 14.3 Å². The summed E-state index contributed by atoms with van der Waals surface area (Å²) in [5.74, 6) is 0.863. The maximum absolute atomic E-state index is 10.8. The van der Waals surface area contributed by atoms with Gasteiger partial charge in [-0.15, -0.1) is 0 Å². The zero-order valence-electron chi connectivity index (χ0n) is 8.61. The fourth-order valence-electron chi connectivity index (χ4n) is 1.33. The van der Waals surface area contributed by atoms with E-state index in [9.17, 15) is 4.79 Å². The van der Waals surface area contributed by atoms with E-state index in [1.54, 1.807) is 12.1 Å². The van der Waals surface area contributed by atoms with E-state index in [-0.39, 0.29) is 6.42 Å². The van der Waals surface area contributed by atoms with Crippen LogP contribution in [0, 0.1) is 11.3 Å². The summed E-state index contributed by atoms with van der Waals surface area (Å²) in [4.78, 5) is 10.8. The zero-order valence-corrected chi connectivity index (χ0v) is 8.61. The lowest BCUT2D eigenvalue weighted by Gasteiger charge is -2.10. The van der Waals surface area contributed by atoms with Crippen molar-refractivity contribution in [1.29, 1.82) is 5.26 Å². The summed E-state index contributed by atoms with van der Waals surface area (Å²) in [7, 11) is 2.96. The van der Waals surface area contributed by atoms with Crippen LogP contribution >= 0.6 is 0 Å². The second-order valence-corrected chi connectivity index (χ2v) is 2.87. The van der Waals surface area contributed by atoms with Crippen molar-refractivity contribution in [3.63, 3.8) is 0 Å². The van der Waals surface area contributed by atoms with Gasteiger partial charge in [-0.25, -0.2) is 0 Å². The first-order valence-electron chi connectivity index (χ1n) is 4.33. The summed E-state index contributed by atoms with van der Waals surface area (Å²) in [5.41, 5.74) is 1.12. The lowest BCUT2D eigenvalue weighted by Crippen LogP contribution is -1.97. The molecule has 1 aromatic rings. The van der Waals surface area contributed by atoms with E-state index >= 15 is 0 Å². The second-order valence-electron chi connectivity index (χ2n) is 2.87. The molecule has 0 aromatic heterocycles. The van der Waals surface area contributed by atoms with E-state index in [4.69, 9.17) is 14.7 Å². The third kappa shape index (κ3) is 2.26. The number of nitriles is 1. The number of carbonyl (C=O) groups excluding carboxylic acids is 1. The molecule has 1 rings (SSSR count). The van der Waals surface area contributed by atoms with Crippen LogP contribution in [0.15, 0.2) is 12.1 Å². The SMILES string of the molecule is COc1cc(CC#N)cc(C=O)c1OC. The van der Waals surface area contributed by atoms with Crippen molar-refractivity contribution in [2.24, 2.45) is 0 Å². The van der Waals surface area contributed by atoms with Gasteiger partial charge in [-0.3, -0.25) is 4.79 Å². The number of carbonyl (C=O) groups is 1. The number of benzene rings is 1. The van der Waals surface area contributed by atoms with Gasteiger partial charge in [0, 0.05) is 0 Å². The van der Waals surface area contributed by atoms with Crippen LogP contribution in [0.25, 0.3) is 0 Å². The molecule has 0 fully saturated rings. The summed E-state index contributed by atoms with van der Waals surface area (Å²) in [5, 5.41) is 8.56. The van der Waals surface area contributed by atoms with E-state index in [2.05, 4.69) is 0 Å². The molecule has 0 unspecified atom stereocenters. The Hall–Kier alpha value is -2.02. The van der Waals surface area contributed by atoms with E-state index < -0.39 is 0 Å². The van der Waals surface area contributed by atoms with Gasteiger partial charge in [0.25, 0.3) is 0 Å². The van der Waals surface area contributed by atoms with Gasteiger partial charge in [-0.05, 0) is 17.7 Å². The minimum atomic E-state index is 0.237. The molecule has 4 heteroatoms. The van der Waals surface area contributed by atoms with Gasteiger partial charge in [0.2, 0.25) is 0 Å². The smallest absolute Gasteiger partial charge is 0.171 e. The molecule has 0 aliphatic rings. The van der Waals surface area contributed by atoms with Gasteiger partial charge >= 0.3 is 0 Å². The number of ether oxygens (including phenoxy) is 2. The second kappa shape index (κ2) is 5.01. The quantitative estimate of drug-likeness (QED) is 0.700. The van der Waals surface area contributed by atoms with Gasteiger partial charge in [-0.2, -0.15) is 5.26 Å². The molecule has 1 aromatic carbocycles. The Morgan fingerprint density at radius 3 is 2.60 bits per heavy atom. The highest BCUT2D eigenvalue weighted by molar-refractivity contribution is 5.81. The number of methoxy groups -OCH3 is 2. The molecule has 0 saturated heterocycles. The largest absolute Gasteiger partial charge is 0.493 e. The Morgan fingerprint density at radius 1 is 1.40 bits per heavy atom. The fraction of sp³-hybridized carbons (Fsp3) is 0.273. The van der Waals surface area contributed by atoms with E-state index in [0.29, 0.717) is 23.3 Å².